The topological polar surface area (TPSA) is 28.1 Å². The second kappa shape index (κ2) is 6.56. The minimum Gasteiger partial charge on any atom is -0.370 e. The van der Waals surface area contributed by atoms with Crippen LogP contribution in [0.4, 0.5) is 13.2 Å². The van der Waals surface area contributed by atoms with E-state index in [1.54, 1.807) is 13.1 Å². The molecule has 1 atom stereocenters. The van der Waals surface area contributed by atoms with Crippen molar-refractivity contribution < 1.29 is 17.9 Å². The van der Waals surface area contributed by atoms with Gasteiger partial charge >= 0.3 is 6.18 Å². The van der Waals surface area contributed by atoms with Crippen molar-refractivity contribution >= 4 is 5.96 Å². The summed E-state index contributed by atoms with van der Waals surface area (Å²) in [7, 11) is 5.47. The number of ether oxygens (including phenoxy) is 1. The number of morpholine rings is 1. The highest BCUT2D eigenvalue weighted by molar-refractivity contribution is 5.79. The summed E-state index contributed by atoms with van der Waals surface area (Å²) in [6.45, 7) is 1.60. The Labute approximate surface area is 128 Å². The lowest BCUT2D eigenvalue weighted by atomic mass is 10.0. The third-order valence-electron chi connectivity index (χ3n) is 3.54. The number of aliphatic imine (C=N–C) groups is 1. The van der Waals surface area contributed by atoms with Crippen LogP contribution in [0.5, 0.6) is 0 Å². The van der Waals surface area contributed by atoms with E-state index in [2.05, 4.69) is 4.99 Å². The van der Waals surface area contributed by atoms with Gasteiger partial charge in [-0.1, -0.05) is 12.1 Å². The molecule has 1 aromatic rings. The first-order chi connectivity index (χ1) is 10.3. The summed E-state index contributed by atoms with van der Waals surface area (Å²) in [5.41, 5.74) is -0.114. The molecule has 2 rings (SSSR count). The molecule has 1 aromatic carbocycles. The standard InChI is InChI=1S/C15H20F3N3O/c1-19-14(20(2)3)21-7-8-22-13(10-21)11-5-4-6-12(9-11)15(16,17)18/h4-6,9,13H,7-8,10H2,1-3H3. The average Bonchev–Trinajstić information content (AvgIpc) is 2.47. The molecule has 1 aliphatic rings. The molecule has 0 saturated carbocycles. The quantitative estimate of drug-likeness (QED) is 0.589. The molecule has 0 spiro atoms. The van der Waals surface area contributed by atoms with Crippen molar-refractivity contribution in [2.24, 2.45) is 4.99 Å². The zero-order valence-electron chi connectivity index (χ0n) is 12.9. The number of benzene rings is 1. The highest BCUT2D eigenvalue weighted by Gasteiger charge is 2.32. The van der Waals surface area contributed by atoms with E-state index in [4.69, 9.17) is 4.74 Å². The molecule has 7 heteroatoms. The molecule has 0 bridgehead atoms. The Bertz CT molecular complexity index is 543. The van der Waals surface area contributed by atoms with E-state index in [0.717, 1.165) is 18.1 Å². The van der Waals surface area contributed by atoms with Crippen LogP contribution < -0.4 is 0 Å². The van der Waals surface area contributed by atoms with Crippen LogP contribution in [0.15, 0.2) is 29.3 Å². The number of guanidine groups is 1. The fourth-order valence-electron chi connectivity index (χ4n) is 2.57. The van der Waals surface area contributed by atoms with Crippen LogP contribution in [0.3, 0.4) is 0 Å². The highest BCUT2D eigenvalue weighted by atomic mass is 19.4. The molecular formula is C15H20F3N3O. The summed E-state index contributed by atoms with van der Waals surface area (Å²) in [5, 5.41) is 0. The number of nitrogens with zero attached hydrogens (tertiary/aromatic N) is 3. The second-order valence-corrected chi connectivity index (χ2v) is 5.35. The Morgan fingerprint density at radius 1 is 1.36 bits per heavy atom. The van der Waals surface area contributed by atoms with E-state index >= 15 is 0 Å². The lowest BCUT2D eigenvalue weighted by Gasteiger charge is -2.37. The Kier molecular flexibility index (Phi) is 4.95. The molecule has 22 heavy (non-hydrogen) atoms. The highest BCUT2D eigenvalue weighted by Crippen LogP contribution is 2.32. The van der Waals surface area contributed by atoms with Crippen LogP contribution in [0.2, 0.25) is 0 Å². The summed E-state index contributed by atoms with van der Waals surface area (Å²) < 4.78 is 44.1. The fourth-order valence-corrected chi connectivity index (χ4v) is 2.57. The first-order valence-corrected chi connectivity index (χ1v) is 7.00. The normalized spacial score (nSPS) is 20.2. The maximum absolute atomic E-state index is 12.8. The second-order valence-electron chi connectivity index (χ2n) is 5.35. The number of alkyl halides is 3. The lowest BCUT2D eigenvalue weighted by Crippen LogP contribution is -2.47. The van der Waals surface area contributed by atoms with E-state index in [1.807, 2.05) is 23.9 Å². The molecule has 1 heterocycles. The van der Waals surface area contributed by atoms with Gasteiger partial charge in [-0.2, -0.15) is 13.2 Å². The van der Waals surface area contributed by atoms with E-state index in [1.165, 1.54) is 6.07 Å². The molecule has 1 fully saturated rings. The third-order valence-corrected chi connectivity index (χ3v) is 3.54. The summed E-state index contributed by atoms with van der Waals surface area (Å²) >= 11 is 0. The van der Waals surface area contributed by atoms with Gasteiger partial charge in [-0.15, -0.1) is 0 Å². The molecule has 0 N–H and O–H groups in total. The fraction of sp³-hybridized carbons (Fsp3) is 0.533. The molecule has 4 nitrogen and oxygen atoms in total. The Morgan fingerprint density at radius 2 is 2.09 bits per heavy atom. The lowest BCUT2D eigenvalue weighted by molar-refractivity contribution is -0.137. The van der Waals surface area contributed by atoms with Crippen LogP contribution in [-0.4, -0.2) is 56.6 Å². The molecule has 0 amide bonds. The SMILES string of the molecule is CN=C(N(C)C)N1CCOC(c2cccc(C(F)(F)F)c2)C1. The van der Waals surface area contributed by atoms with Crippen LogP contribution in [-0.2, 0) is 10.9 Å². The molecule has 1 saturated heterocycles. The summed E-state index contributed by atoms with van der Waals surface area (Å²) in [6, 6.07) is 5.32. The molecule has 1 unspecified atom stereocenters. The minimum atomic E-state index is -4.34. The van der Waals surface area contributed by atoms with Crippen molar-refractivity contribution in [3.8, 4) is 0 Å². The van der Waals surface area contributed by atoms with Gasteiger partial charge < -0.3 is 14.5 Å². The van der Waals surface area contributed by atoms with Gasteiger partial charge in [0.15, 0.2) is 5.96 Å². The van der Waals surface area contributed by atoms with Crippen molar-refractivity contribution in [2.75, 3.05) is 40.8 Å². The van der Waals surface area contributed by atoms with E-state index < -0.39 is 17.8 Å². The smallest absolute Gasteiger partial charge is 0.370 e. The zero-order valence-corrected chi connectivity index (χ0v) is 12.9. The maximum atomic E-state index is 12.8. The number of hydrogen-bond donors (Lipinski definition) is 0. The van der Waals surface area contributed by atoms with Crippen molar-refractivity contribution in [3.63, 3.8) is 0 Å². The van der Waals surface area contributed by atoms with Gasteiger partial charge in [-0.25, -0.2) is 0 Å². The van der Waals surface area contributed by atoms with Crippen molar-refractivity contribution in [1.82, 2.24) is 9.80 Å². The molecule has 0 aliphatic carbocycles. The number of halogens is 3. The maximum Gasteiger partial charge on any atom is 0.416 e. The van der Waals surface area contributed by atoms with E-state index in [9.17, 15) is 13.2 Å². The Hall–Kier alpha value is -1.76. The summed E-state index contributed by atoms with van der Waals surface area (Å²) in [5.74, 6) is 0.792. The van der Waals surface area contributed by atoms with Gasteiger partial charge in [0.25, 0.3) is 0 Å². The Morgan fingerprint density at radius 3 is 2.68 bits per heavy atom. The van der Waals surface area contributed by atoms with Gasteiger partial charge in [0.05, 0.1) is 18.7 Å². The average molecular weight is 315 g/mol. The minimum absolute atomic E-state index is 0.396. The van der Waals surface area contributed by atoms with Gasteiger partial charge in [0.2, 0.25) is 0 Å². The van der Waals surface area contributed by atoms with Gasteiger partial charge in [-0.05, 0) is 17.7 Å². The first-order valence-electron chi connectivity index (χ1n) is 7.00. The van der Waals surface area contributed by atoms with Crippen molar-refractivity contribution in [1.29, 1.82) is 0 Å². The van der Waals surface area contributed by atoms with Gasteiger partial charge in [-0.3, -0.25) is 4.99 Å². The predicted molar refractivity (Wildman–Crippen MR) is 78.8 cm³/mol. The molecule has 1 aliphatic heterocycles. The van der Waals surface area contributed by atoms with Crippen LogP contribution >= 0.6 is 0 Å². The molecular weight excluding hydrogens is 295 g/mol. The molecule has 0 aromatic heterocycles. The van der Waals surface area contributed by atoms with Crippen molar-refractivity contribution in [2.45, 2.75) is 12.3 Å². The summed E-state index contributed by atoms with van der Waals surface area (Å²) in [6.07, 6.45) is -4.74. The summed E-state index contributed by atoms with van der Waals surface area (Å²) in [4.78, 5) is 8.13. The number of hydrogen-bond acceptors (Lipinski definition) is 2. The zero-order chi connectivity index (χ0) is 16.3. The predicted octanol–water partition coefficient (Wildman–Crippen LogP) is 2.63. The Balaban J connectivity index is 2.19. The largest absolute Gasteiger partial charge is 0.416 e. The number of rotatable bonds is 1. The van der Waals surface area contributed by atoms with Crippen LogP contribution in [0, 0.1) is 0 Å². The first kappa shape index (κ1) is 16.6. The van der Waals surface area contributed by atoms with Crippen LogP contribution in [0.25, 0.3) is 0 Å². The van der Waals surface area contributed by atoms with E-state index in [0.29, 0.717) is 25.3 Å². The molecule has 122 valence electrons. The molecule has 0 radical (unpaired) electrons. The van der Waals surface area contributed by atoms with Crippen LogP contribution in [0.1, 0.15) is 17.2 Å². The van der Waals surface area contributed by atoms with Gasteiger partial charge in [0, 0.05) is 27.7 Å². The van der Waals surface area contributed by atoms with E-state index in [-0.39, 0.29) is 0 Å². The van der Waals surface area contributed by atoms with Crippen molar-refractivity contribution in [3.05, 3.63) is 35.4 Å². The van der Waals surface area contributed by atoms with Gasteiger partial charge in [0.1, 0.15) is 6.10 Å². The third kappa shape index (κ3) is 3.71. The monoisotopic (exact) mass is 315 g/mol.